The van der Waals surface area contributed by atoms with E-state index in [9.17, 15) is 21.6 Å². The lowest BCUT2D eigenvalue weighted by atomic mass is 9.88. The summed E-state index contributed by atoms with van der Waals surface area (Å²) in [6.07, 6.45) is 2.87. The van der Waals surface area contributed by atoms with E-state index in [2.05, 4.69) is 30.2 Å². The van der Waals surface area contributed by atoms with Gasteiger partial charge >= 0.3 is 0 Å². The molecule has 0 bridgehead atoms. The van der Waals surface area contributed by atoms with Gasteiger partial charge in [0.15, 0.2) is 0 Å². The Morgan fingerprint density at radius 1 is 0.923 bits per heavy atom. The molecule has 3 N–H and O–H groups in total. The van der Waals surface area contributed by atoms with E-state index in [1.165, 1.54) is 51.2 Å². The largest absolute Gasteiger partial charge is 0.340 e. The topological polar surface area (TPSA) is 99.2 Å². The number of rotatable bonds is 7. The monoisotopic (exact) mass is 562 g/mol. The summed E-state index contributed by atoms with van der Waals surface area (Å²) in [5.41, 5.74) is 1.16. The lowest BCUT2D eigenvalue weighted by molar-refractivity contribution is 0.250. The normalized spacial score (nSPS) is 15.3. The van der Waals surface area contributed by atoms with Gasteiger partial charge in [-0.25, -0.2) is 26.6 Å². The quantitative estimate of drug-likeness (QED) is 0.323. The van der Waals surface area contributed by atoms with E-state index in [1.807, 2.05) is 7.05 Å². The number of anilines is 5. The number of nitrogens with one attached hydrogen (secondary N) is 3. The summed E-state index contributed by atoms with van der Waals surface area (Å²) in [6, 6.07) is 6.16. The molecule has 1 fully saturated rings. The van der Waals surface area contributed by atoms with Crippen LogP contribution in [0.15, 0.2) is 36.5 Å². The molecule has 8 nitrogen and oxygen atoms in total. The van der Waals surface area contributed by atoms with Crippen LogP contribution in [0.2, 0.25) is 0 Å². The van der Waals surface area contributed by atoms with Crippen LogP contribution in [0, 0.1) is 24.4 Å². The summed E-state index contributed by atoms with van der Waals surface area (Å²) in [4.78, 5) is 10.7. The maximum Gasteiger partial charge on any atom is 0.237 e. The van der Waals surface area contributed by atoms with Gasteiger partial charge in [-0.2, -0.15) is 4.98 Å². The first-order chi connectivity index (χ1) is 18.2. The first kappa shape index (κ1) is 28.6. The number of hydrogen-bond acceptors (Lipinski definition) is 7. The number of aromatic nitrogens is 2. The highest BCUT2D eigenvalue weighted by molar-refractivity contribution is 7.94. The van der Waals surface area contributed by atoms with E-state index < -0.39 is 32.2 Å². The summed E-state index contributed by atoms with van der Waals surface area (Å²) in [5.74, 6) is -1.71. The zero-order valence-electron chi connectivity index (χ0n) is 22.6. The molecule has 0 atom stereocenters. The Balaban J connectivity index is 1.54. The molecule has 2 aromatic carbocycles. The highest BCUT2D eigenvalue weighted by atomic mass is 32.2. The lowest BCUT2D eigenvalue weighted by Gasteiger charge is -2.29. The molecule has 210 valence electrons. The summed E-state index contributed by atoms with van der Waals surface area (Å²) in [7, 11) is -1.78. The molecule has 1 aromatic heterocycles. The average Bonchev–Trinajstić information content (AvgIpc) is 2.80. The molecule has 0 saturated carbocycles. The summed E-state index contributed by atoms with van der Waals surface area (Å²) in [5, 5.41) is 5.79. The van der Waals surface area contributed by atoms with Crippen molar-refractivity contribution in [2.24, 2.45) is 0 Å². The number of aryl methyl sites for hydroxylation is 1. The van der Waals surface area contributed by atoms with E-state index in [0.29, 0.717) is 24.2 Å². The number of benzene rings is 2. The Bertz CT molecular complexity index is 1450. The van der Waals surface area contributed by atoms with Crippen LogP contribution in [-0.4, -0.2) is 48.2 Å². The van der Waals surface area contributed by atoms with Crippen LogP contribution in [-0.2, 0) is 10.0 Å². The minimum Gasteiger partial charge on any atom is -0.340 e. The number of hydrogen-bond donors (Lipinski definition) is 3. The first-order valence-corrected chi connectivity index (χ1v) is 14.1. The Kier molecular flexibility index (Phi) is 8.08. The van der Waals surface area contributed by atoms with Gasteiger partial charge < -0.3 is 15.5 Å². The van der Waals surface area contributed by atoms with E-state index in [0.717, 1.165) is 19.2 Å². The Morgan fingerprint density at radius 3 is 2.13 bits per heavy atom. The second-order valence-corrected chi connectivity index (χ2v) is 13.3. The Labute approximate surface area is 227 Å². The van der Waals surface area contributed by atoms with E-state index in [-0.39, 0.29) is 34.5 Å². The number of piperidine rings is 1. The first-order valence-electron chi connectivity index (χ1n) is 12.6. The van der Waals surface area contributed by atoms with E-state index in [4.69, 9.17) is 0 Å². The van der Waals surface area contributed by atoms with Crippen molar-refractivity contribution in [1.82, 2.24) is 14.9 Å². The van der Waals surface area contributed by atoms with Crippen LogP contribution in [0.1, 0.15) is 50.7 Å². The van der Waals surface area contributed by atoms with Crippen molar-refractivity contribution in [1.29, 1.82) is 0 Å². The fourth-order valence-electron chi connectivity index (χ4n) is 4.27. The highest BCUT2D eigenvalue weighted by Crippen LogP contribution is 2.34. The second kappa shape index (κ2) is 11.0. The van der Waals surface area contributed by atoms with Gasteiger partial charge in [0, 0.05) is 28.7 Å². The van der Waals surface area contributed by atoms with Crippen molar-refractivity contribution in [3.8, 4) is 0 Å². The van der Waals surface area contributed by atoms with Crippen molar-refractivity contribution in [2.45, 2.75) is 51.2 Å². The van der Waals surface area contributed by atoms with Gasteiger partial charge in [0.25, 0.3) is 0 Å². The number of nitrogens with zero attached hydrogens (tertiary/aromatic N) is 3. The van der Waals surface area contributed by atoms with Crippen molar-refractivity contribution in [3.63, 3.8) is 0 Å². The molecule has 39 heavy (non-hydrogen) atoms. The van der Waals surface area contributed by atoms with Crippen LogP contribution in [0.25, 0.3) is 0 Å². The van der Waals surface area contributed by atoms with Crippen molar-refractivity contribution >= 4 is 38.9 Å². The maximum atomic E-state index is 15.0. The summed E-state index contributed by atoms with van der Waals surface area (Å²) in [6.45, 7) is 7.90. The maximum absolute atomic E-state index is 15.0. The molecule has 0 radical (unpaired) electrons. The smallest absolute Gasteiger partial charge is 0.237 e. The van der Waals surface area contributed by atoms with E-state index in [1.54, 1.807) is 6.92 Å². The standard InChI is InChI=1S/C27H33F3N6O2S/c1-16-15-31-26(33-20-13-22(29)24(23(30)14-20)17-6-8-36(5)9-7-17)34-25(16)32-19-10-18(28)11-21(12-19)35-39(37,38)27(2,3)4/h10-15,17,35H,6-9H2,1-5H3,(H2,31,32,33,34). The van der Waals surface area contributed by atoms with Crippen LogP contribution in [0.3, 0.4) is 0 Å². The van der Waals surface area contributed by atoms with Crippen molar-refractivity contribution in [3.05, 3.63) is 65.1 Å². The van der Waals surface area contributed by atoms with Crippen LogP contribution < -0.4 is 15.4 Å². The van der Waals surface area contributed by atoms with Gasteiger partial charge in [-0.1, -0.05) is 0 Å². The van der Waals surface area contributed by atoms with Gasteiger partial charge in [-0.3, -0.25) is 4.72 Å². The third kappa shape index (κ3) is 6.80. The SMILES string of the molecule is Cc1cnc(Nc2cc(F)c(C3CCN(C)CC3)c(F)c2)nc1Nc1cc(F)cc(NS(=O)(=O)C(C)(C)C)c1. The predicted molar refractivity (Wildman–Crippen MR) is 148 cm³/mol. The highest BCUT2D eigenvalue weighted by Gasteiger charge is 2.29. The van der Waals surface area contributed by atoms with Gasteiger partial charge in [0.1, 0.15) is 23.3 Å². The number of halogens is 3. The van der Waals surface area contributed by atoms with Gasteiger partial charge in [0.2, 0.25) is 16.0 Å². The Hall–Kier alpha value is -3.38. The molecule has 0 unspecified atom stereocenters. The molecule has 0 spiro atoms. The average molecular weight is 563 g/mol. The van der Waals surface area contributed by atoms with Crippen LogP contribution in [0.4, 0.5) is 42.0 Å². The zero-order valence-corrected chi connectivity index (χ0v) is 23.4. The molecule has 1 aliphatic rings. The molecule has 3 aromatic rings. The molecule has 12 heteroatoms. The lowest BCUT2D eigenvalue weighted by Crippen LogP contribution is -2.33. The number of likely N-dealkylation sites (tertiary alicyclic amines) is 1. The molecule has 0 aliphatic carbocycles. The third-order valence-electron chi connectivity index (χ3n) is 6.65. The molecule has 4 rings (SSSR count). The minimum atomic E-state index is -3.77. The summed E-state index contributed by atoms with van der Waals surface area (Å²) < 4.78 is 70.6. The van der Waals surface area contributed by atoms with Crippen molar-refractivity contribution in [2.75, 3.05) is 35.5 Å². The van der Waals surface area contributed by atoms with Crippen molar-refractivity contribution < 1.29 is 21.6 Å². The van der Waals surface area contributed by atoms with Crippen LogP contribution >= 0.6 is 0 Å². The molecular weight excluding hydrogens is 529 g/mol. The van der Waals surface area contributed by atoms with Gasteiger partial charge in [-0.05, 0) is 96.9 Å². The second-order valence-electron chi connectivity index (χ2n) is 10.9. The molecule has 1 aliphatic heterocycles. The molecular formula is C27H33F3N6O2S. The Morgan fingerprint density at radius 2 is 1.51 bits per heavy atom. The fraction of sp³-hybridized carbons (Fsp3) is 0.407. The predicted octanol–water partition coefficient (Wildman–Crippen LogP) is 6.04. The fourth-order valence-corrected chi connectivity index (χ4v) is 5.00. The summed E-state index contributed by atoms with van der Waals surface area (Å²) >= 11 is 0. The van der Waals surface area contributed by atoms with Gasteiger partial charge in [0.05, 0.1) is 10.4 Å². The number of sulfonamides is 1. The molecule has 2 heterocycles. The van der Waals surface area contributed by atoms with Gasteiger partial charge in [-0.15, -0.1) is 0 Å². The molecule has 1 saturated heterocycles. The van der Waals surface area contributed by atoms with E-state index >= 15 is 0 Å². The third-order valence-corrected chi connectivity index (χ3v) is 8.77. The zero-order chi connectivity index (χ0) is 28.5. The molecule has 0 amide bonds. The minimum absolute atomic E-state index is 0.0492. The van der Waals surface area contributed by atoms with Crippen LogP contribution in [0.5, 0.6) is 0 Å².